The molecule has 1 aliphatic carbocycles. The number of nitrogens with zero attached hydrogens (tertiary/aromatic N) is 1. The van der Waals surface area contributed by atoms with Crippen LogP contribution in [0.15, 0.2) is 42.5 Å². The number of hydrogen-bond donors (Lipinski definition) is 2. The lowest BCUT2D eigenvalue weighted by molar-refractivity contribution is -0.117. The third-order valence-corrected chi connectivity index (χ3v) is 6.28. The summed E-state index contributed by atoms with van der Waals surface area (Å²) in [5.41, 5.74) is 5.00. The predicted molar refractivity (Wildman–Crippen MR) is 116 cm³/mol. The van der Waals surface area contributed by atoms with Crippen molar-refractivity contribution in [2.45, 2.75) is 45.7 Å². The quantitative estimate of drug-likeness (QED) is 0.817. The molecule has 3 unspecified atom stereocenters. The lowest BCUT2D eigenvalue weighted by Crippen LogP contribution is -2.51. The van der Waals surface area contributed by atoms with Crippen LogP contribution in [0, 0.1) is 18.8 Å². The topological polar surface area (TPSA) is 61.4 Å². The predicted octanol–water partition coefficient (Wildman–Crippen LogP) is 4.29. The molecule has 0 spiro atoms. The Bertz CT molecular complexity index is 934. The summed E-state index contributed by atoms with van der Waals surface area (Å²) >= 11 is 0. The van der Waals surface area contributed by atoms with Crippen molar-refractivity contribution in [1.29, 1.82) is 0 Å². The van der Waals surface area contributed by atoms with Crippen molar-refractivity contribution < 1.29 is 9.59 Å². The van der Waals surface area contributed by atoms with Gasteiger partial charge in [-0.25, -0.2) is 0 Å². The molecule has 5 heteroatoms. The van der Waals surface area contributed by atoms with Crippen LogP contribution in [-0.4, -0.2) is 24.9 Å². The van der Waals surface area contributed by atoms with Gasteiger partial charge in [0.05, 0.1) is 6.04 Å². The number of anilines is 2. The Morgan fingerprint density at radius 3 is 2.34 bits per heavy atom. The van der Waals surface area contributed by atoms with E-state index in [4.69, 9.17) is 0 Å². The Morgan fingerprint density at radius 2 is 1.76 bits per heavy atom. The molecular weight excluding hydrogens is 362 g/mol. The maximum absolute atomic E-state index is 12.6. The van der Waals surface area contributed by atoms with E-state index < -0.39 is 0 Å². The molecule has 1 heterocycles. The number of carbonyl (C=O) groups excluding carboxylic acids is 2. The van der Waals surface area contributed by atoms with Crippen LogP contribution in [0.4, 0.5) is 11.4 Å². The SMILES string of the molecule is CNC(=O)c1ccc(NC2c3cc(C)ccc3N(C(C)=O)C(C3CC3)C2C)cc1. The van der Waals surface area contributed by atoms with Crippen LogP contribution in [0.25, 0.3) is 0 Å². The first-order chi connectivity index (χ1) is 13.9. The maximum Gasteiger partial charge on any atom is 0.251 e. The van der Waals surface area contributed by atoms with Crippen molar-refractivity contribution in [1.82, 2.24) is 5.32 Å². The molecule has 1 fully saturated rings. The lowest BCUT2D eigenvalue weighted by atomic mass is 9.79. The van der Waals surface area contributed by atoms with E-state index in [2.05, 4.69) is 42.7 Å². The molecule has 2 aliphatic rings. The minimum absolute atomic E-state index is 0.0885. The molecule has 3 atom stereocenters. The summed E-state index contributed by atoms with van der Waals surface area (Å²) in [4.78, 5) is 26.5. The average Bonchev–Trinajstić information content (AvgIpc) is 3.54. The van der Waals surface area contributed by atoms with Gasteiger partial charge in [0.2, 0.25) is 5.91 Å². The molecule has 152 valence electrons. The van der Waals surface area contributed by atoms with Gasteiger partial charge in [-0.2, -0.15) is 0 Å². The number of nitrogens with one attached hydrogen (secondary N) is 2. The fourth-order valence-corrected chi connectivity index (χ4v) is 4.73. The summed E-state index contributed by atoms with van der Waals surface area (Å²) in [7, 11) is 1.64. The highest BCUT2D eigenvalue weighted by molar-refractivity contribution is 5.95. The molecule has 1 saturated carbocycles. The van der Waals surface area contributed by atoms with Crippen LogP contribution in [0.1, 0.15) is 54.2 Å². The third kappa shape index (κ3) is 3.61. The summed E-state index contributed by atoms with van der Waals surface area (Å²) in [6.07, 6.45) is 2.38. The molecule has 2 amide bonds. The Morgan fingerprint density at radius 1 is 1.07 bits per heavy atom. The Labute approximate surface area is 172 Å². The fourth-order valence-electron chi connectivity index (χ4n) is 4.73. The zero-order chi connectivity index (χ0) is 20.7. The minimum atomic E-state index is -0.0885. The average molecular weight is 392 g/mol. The number of hydrogen-bond acceptors (Lipinski definition) is 3. The van der Waals surface area contributed by atoms with Crippen LogP contribution in [0.5, 0.6) is 0 Å². The van der Waals surface area contributed by atoms with Gasteiger partial charge >= 0.3 is 0 Å². The summed E-state index contributed by atoms with van der Waals surface area (Å²) in [5, 5.41) is 6.35. The van der Waals surface area contributed by atoms with Crippen LogP contribution < -0.4 is 15.5 Å². The van der Waals surface area contributed by atoms with E-state index in [1.807, 2.05) is 29.2 Å². The van der Waals surface area contributed by atoms with Gasteiger partial charge in [-0.05, 0) is 61.6 Å². The van der Waals surface area contributed by atoms with E-state index in [9.17, 15) is 9.59 Å². The van der Waals surface area contributed by atoms with Gasteiger partial charge in [0.15, 0.2) is 0 Å². The molecule has 1 aliphatic heterocycles. The molecular formula is C24H29N3O2. The highest BCUT2D eigenvalue weighted by Gasteiger charge is 2.47. The van der Waals surface area contributed by atoms with Crippen LogP contribution >= 0.6 is 0 Å². The Kier molecular flexibility index (Phi) is 5.07. The number of benzene rings is 2. The van der Waals surface area contributed by atoms with E-state index in [0.717, 1.165) is 11.4 Å². The molecule has 29 heavy (non-hydrogen) atoms. The van der Waals surface area contributed by atoms with Crippen LogP contribution in [0.2, 0.25) is 0 Å². The van der Waals surface area contributed by atoms with Gasteiger partial charge in [-0.3, -0.25) is 9.59 Å². The monoisotopic (exact) mass is 391 g/mol. The van der Waals surface area contributed by atoms with Gasteiger partial charge in [0.25, 0.3) is 5.91 Å². The Hall–Kier alpha value is -2.82. The summed E-state index contributed by atoms with van der Waals surface area (Å²) in [5.74, 6) is 0.879. The molecule has 0 radical (unpaired) electrons. The Balaban J connectivity index is 1.71. The highest BCUT2D eigenvalue weighted by atomic mass is 16.2. The van der Waals surface area contributed by atoms with Gasteiger partial charge in [-0.15, -0.1) is 0 Å². The lowest BCUT2D eigenvalue weighted by Gasteiger charge is -2.46. The molecule has 5 nitrogen and oxygen atoms in total. The molecule has 4 rings (SSSR count). The first-order valence-electron chi connectivity index (χ1n) is 10.4. The fraction of sp³-hybridized carbons (Fsp3) is 0.417. The zero-order valence-corrected chi connectivity index (χ0v) is 17.5. The zero-order valence-electron chi connectivity index (χ0n) is 17.5. The second kappa shape index (κ2) is 7.54. The summed E-state index contributed by atoms with van der Waals surface area (Å²) in [6.45, 7) is 6.02. The minimum Gasteiger partial charge on any atom is -0.378 e. The van der Waals surface area contributed by atoms with Gasteiger partial charge in [0.1, 0.15) is 0 Å². The second-order valence-electron chi connectivity index (χ2n) is 8.42. The third-order valence-electron chi connectivity index (χ3n) is 6.28. The summed E-state index contributed by atoms with van der Waals surface area (Å²) in [6, 6.07) is 14.3. The van der Waals surface area contributed by atoms with E-state index >= 15 is 0 Å². The van der Waals surface area contributed by atoms with Gasteiger partial charge in [0, 0.05) is 42.9 Å². The number of fused-ring (bicyclic) bond motifs is 1. The molecule has 2 aromatic rings. The highest BCUT2D eigenvalue weighted by Crippen LogP contribution is 2.50. The van der Waals surface area contributed by atoms with Crippen LogP contribution in [0.3, 0.4) is 0 Å². The molecule has 2 N–H and O–H groups in total. The van der Waals surface area contributed by atoms with Crippen molar-refractivity contribution in [3.05, 3.63) is 59.2 Å². The number of aryl methyl sites for hydroxylation is 1. The summed E-state index contributed by atoms with van der Waals surface area (Å²) < 4.78 is 0. The van der Waals surface area contributed by atoms with Crippen LogP contribution in [-0.2, 0) is 4.79 Å². The van der Waals surface area contributed by atoms with Crippen molar-refractivity contribution in [3.8, 4) is 0 Å². The van der Waals surface area contributed by atoms with Gasteiger partial charge in [-0.1, -0.05) is 24.6 Å². The van der Waals surface area contributed by atoms with E-state index in [-0.39, 0.29) is 29.8 Å². The number of carbonyl (C=O) groups is 2. The van der Waals surface area contributed by atoms with E-state index in [1.54, 1.807) is 14.0 Å². The molecule has 0 bridgehead atoms. The van der Waals surface area contributed by atoms with Crippen molar-refractivity contribution in [2.75, 3.05) is 17.3 Å². The molecule has 0 saturated heterocycles. The molecule has 0 aromatic heterocycles. The van der Waals surface area contributed by atoms with Crippen molar-refractivity contribution >= 4 is 23.2 Å². The van der Waals surface area contributed by atoms with Gasteiger partial charge < -0.3 is 15.5 Å². The number of amides is 2. The maximum atomic E-state index is 12.6. The van der Waals surface area contributed by atoms with Crippen molar-refractivity contribution in [2.24, 2.45) is 11.8 Å². The van der Waals surface area contributed by atoms with Crippen molar-refractivity contribution in [3.63, 3.8) is 0 Å². The first kappa shape index (κ1) is 19.5. The second-order valence-corrected chi connectivity index (χ2v) is 8.42. The largest absolute Gasteiger partial charge is 0.378 e. The smallest absolute Gasteiger partial charge is 0.251 e. The first-order valence-corrected chi connectivity index (χ1v) is 10.4. The normalized spacial score (nSPS) is 23.3. The van der Waals surface area contributed by atoms with E-state index in [0.29, 0.717) is 11.5 Å². The number of rotatable bonds is 4. The van der Waals surface area contributed by atoms with E-state index in [1.165, 1.54) is 24.0 Å². The molecule has 2 aromatic carbocycles. The standard InChI is InChI=1S/C24H29N3O2/c1-14-5-12-21-20(13-14)22(15(2)23(17-6-7-17)27(21)16(3)28)26-19-10-8-18(9-11-19)24(29)25-4/h5,8-13,15,17,22-23,26H,6-7H2,1-4H3,(H,25,29).